The summed E-state index contributed by atoms with van der Waals surface area (Å²) in [6, 6.07) is 2.00. The van der Waals surface area contributed by atoms with Gasteiger partial charge in [-0.25, -0.2) is 0 Å². The summed E-state index contributed by atoms with van der Waals surface area (Å²) in [5.41, 5.74) is 0. The van der Waals surface area contributed by atoms with Crippen LogP contribution in [0.15, 0.2) is 11.4 Å². The molecule has 15 heavy (non-hydrogen) atoms. The number of aliphatic hydroxyl groups is 1. The molecule has 2 atom stereocenters. The molecule has 0 saturated heterocycles. The molecule has 1 aliphatic rings. The van der Waals surface area contributed by atoms with Crippen molar-refractivity contribution in [3.8, 4) is 0 Å². The molecule has 1 aromatic rings. The minimum Gasteiger partial charge on any atom is -0.393 e. The smallest absolute Gasteiger partial charge is 0.0543 e. The summed E-state index contributed by atoms with van der Waals surface area (Å²) in [7, 11) is 0. The summed E-state index contributed by atoms with van der Waals surface area (Å²) in [5.74, 6) is 0.649. The van der Waals surface area contributed by atoms with Crippen LogP contribution < -0.4 is 5.32 Å². The van der Waals surface area contributed by atoms with Crippen molar-refractivity contribution in [2.24, 2.45) is 5.92 Å². The van der Waals surface area contributed by atoms with Crippen LogP contribution in [0.4, 0.5) is 0 Å². The fourth-order valence-corrected chi connectivity index (χ4v) is 3.12. The lowest BCUT2D eigenvalue weighted by Gasteiger charge is -2.09. The second-order valence-electron chi connectivity index (χ2n) is 4.20. The molecule has 0 radical (unpaired) electrons. The van der Waals surface area contributed by atoms with Gasteiger partial charge in [0.25, 0.3) is 0 Å². The lowest BCUT2D eigenvalue weighted by atomic mass is 10.1. The monoisotopic (exact) mass is 245 g/mol. The van der Waals surface area contributed by atoms with E-state index in [1.54, 1.807) is 11.3 Å². The summed E-state index contributed by atoms with van der Waals surface area (Å²) in [6.07, 6.45) is 3.02. The van der Waals surface area contributed by atoms with Gasteiger partial charge < -0.3 is 10.4 Å². The maximum absolute atomic E-state index is 9.38. The largest absolute Gasteiger partial charge is 0.393 e. The molecule has 1 heterocycles. The van der Waals surface area contributed by atoms with Crippen molar-refractivity contribution in [1.29, 1.82) is 0 Å². The first-order valence-electron chi connectivity index (χ1n) is 5.35. The molecular weight excluding hydrogens is 230 g/mol. The number of hydrogen-bond acceptors (Lipinski definition) is 3. The van der Waals surface area contributed by atoms with Crippen LogP contribution in [0.3, 0.4) is 0 Å². The molecule has 2 rings (SSSR count). The van der Waals surface area contributed by atoms with Crippen LogP contribution in [-0.4, -0.2) is 17.8 Å². The Morgan fingerprint density at radius 3 is 3.00 bits per heavy atom. The van der Waals surface area contributed by atoms with Crippen LogP contribution in [0, 0.1) is 5.92 Å². The third kappa shape index (κ3) is 3.45. The van der Waals surface area contributed by atoms with Gasteiger partial charge in [-0.15, -0.1) is 11.3 Å². The summed E-state index contributed by atoms with van der Waals surface area (Å²) < 4.78 is 0. The van der Waals surface area contributed by atoms with E-state index in [0.29, 0.717) is 5.92 Å². The van der Waals surface area contributed by atoms with Crippen LogP contribution in [-0.2, 0) is 6.54 Å². The van der Waals surface area contributed by atoms with E-state index in [1.165, 1.54) is 4.88 Å². The van der Waals surface area contributed by atoms with Crippen molar-refractivity contribution >= 4 is 22.9 Å². The minimum absolute atomic E-state index is 0.0621. The van der Waals surface area contributed by atoms with Gasteiger partial charge in [-0.1, -0.05) is 11.6 Å². The quantitative estimate of drug-likeness (QED) is 0.855. The average Bonchev–Trinajstić information content (AvgIpc) is 2.76. The fraction of sp³-hybridized carbons (Fsp3) is 0.636. The first kappa shape index (κ1) is 11.4. The number of hydrogen-bond donors (Lipinski definition) is 2. The zero-order valence-electron chi connectivity index (χ0n) is 8.58. The molecule has 2 unspecified atom stereocenters. The normalized spacial score (nSPS) is 26.0. The van der Waals surface area contributed by atoms with Gasteiger partial charge in [0, 0.05) is 16.8 Å². The third-order valence-corrected chi connectivity index (χ3v) is 4.15. The number of halogens is 1. The Morgan fingerprint density at radius 1 is 1.53 bits per heavy atom. The Hall–Kier alpha value is -0.0900. The average molecular weight is 246 g/mol. The second kappa shape index (κ2) is 5.30. The van der Waals surface area contributed by atoms with Gasteiger partial charge in [0.2, 0.25) is 0 Å². The van der Waals surface area contributed by atoms with E-state index < -0.39 is 0 Å². The van der Waals surface area contributed by atoms with Crippen molar-refractivity contribution in [2.75, 3.05) is 6.54 Å². The molecule has 2 N–H and O–H groups in total. The van der Waals surface area contributed by atoms with Gasteiger partial charge in [-0.2, -0.15) is 0 Å². The van der Waals surface area contributed by atoms with Gasteiger partial charge in [0.15, 0.2) is 0 Å². The topological polar surface area (TPSA) is 32.3 Å². The molecule has 1 saturated carbocycles. The molecule has 1 fully saturated rings. The van der Waals surface area contributed by atoms with Crippen molar-refractivity contribution in [1.82, 2.24) is 5.32 Å². The molecule has 0 amide bonds. The standard InChI is InChI=1S/C11H16ClNOS/c12-9-4-11(15-7-9)6-13-5-8-1-2-10(14)3-8/h4,7-8,10,13-14H,1-3,5-6H2. The summed E-state index contributed by atoms with van der Waals surface area (Å²) in [4.78, 5) is 1.28. The lowest BCUT2D eigenvalue weighted by molar-refractivity contribution is 0.177. The van der Waals surface area contributed by atoms with Crippen molar-refractivity contribution in [3.63, 3.8) is 0 Å². The van der Waals surface area contributed by atoms with Gasteiger partial charge in [-0.05, 0) is 37.8 Å². The molecular formula is C11H16ClNOS. The first-order chi connectivity index (χ1) is 7.24. The molecule has 1 aromatic heterocycles. The molecule has 0 bridgehead atoms. The maximum atomic E-state index is 9.38. The van der Waals surface area contributed by atoms with Gasteiger partial charge in [0.05, 0.1) is 11.1 Å². The lowest BCUT2D eigenvalue weighted by Crippen LogP contribution is -2.20. The molecule has 0 spiro atoms. The van der Waals surface area contributed by atoms with E-state index in [4.69, 9.17) is 11.6 Å². The maximum Gasteiger partial charge on any atom is 0.0543 e. The van der Waals surface area contributed by atoms with Crippen LogP contribution >= 0.6 is 22.9 Å². The van der Waals surface area contributed by atoms with Crippen LogP contribution in [0.1, 0.15) is 24.1 Å². The fourth-order valence-electron chi connectivity index (χ4n) is 2.08. The summed E-state index contributed by atoms with van der Waals surface area (Å²) >= 11 is 7.52. The SMILES string of the molecule is OC1CCC(CNCc2cc(Cl)cs2)C1. The van der Waals surface area contributed by atoms with Crippen molar-refractivity contribution in [2.45, 2.75) is 31.9 Å². The molecule has 1 aliphatic carbocycles. The van der Waals surface area contributed by atoms with Crippen LogP contribution in [0.5, 0.6) is 0 Å². The minimum atomic E-state index is -0.0621. The summed E-state index contributed by atoms with van der Waals surface area (Å²) in [5, 5.41) is 15.6. The third-order valence-electron chi connectivity index (χ3n) is 2.87. The highest BCUT2D eigenvalue weighted by molar-refractivity contribution is 7.10. The van der Waals surface area contributed by atoms with E-state index in [1.807, 2.05) is 11.4 Å². The molecule has 84 valence electrons. The predicted molar refractivity (Wildman–Crippen MR) is 64.4 cm³/mol. The highest BCUT2D eigenvalue weighted by atomic mass is 35.5. The Labute approximate surface area is 99.3 Å². The Balaban J connectivity index is 1.67. The van der Waals surface area contributed by atoms with Crippen LogP contribution in [0.2, 0.25) is 5.02 Å². The first-order valence-corrected chi connectivity index (χ1v) is 6.61. The highest BCUT2D eigenvalue weighted by Gasteiger charge is 2.21. The Morgan fingerprint density at radius 2 is 2.40 bits per heavy atom. The number of aliphatic hydroxyl groups excluding tert-OH is 1. The van der Waals surface area contributed by atoms with Gasteiger partial charge in [0.1, 0.15) is 0 Å². The molecule has 0 aromatic carbocycles. The zero-order valence-corrected chi connectivity index (χ0v) is 10.2. The Kier molecular flexibility index (Phi) is 4.03. The van der Waals surface area contributed by atoms with Gasteiger partial charge in [-0.3, -0.25) is 0 Å². The molecule has 4 heteroatoms. The van der Waals surface area contributed by atoms with E-state index >= 15 is 0 Å². The number of thiophene rings is 1. The van der Waals surface area contributed by atoms with Crippen LogP contribution in [0.25, 0.3) is 0 Å². The second-order valence-corrected chi connectivity index (χ2v) is 5.63. The van der Waals surface area contributed by atoms with Crippen molar-refractivity contribution < 1.29 is 5.11 Å². The van der Waals surface area contributed by atoms with E-state index in [2.05, 4.69) is 5.32 Å². The molecule has 0 aliphatic heterocycles. The zero-order chi connectivity index (χ0) is 10.7. The van der Waals surface area contributed by atoms with E-state index in [9.17, 15) is 5.11 Å². The molecule has 2 nitrogen and oxygen atoms in total. The van der Waals surface area contributed by atoms with E-state index in [0.717, 1.165) is 37.4 Å². The number of nitrogens with one attached hydrogen (secondary N) is 1. The predicted octanol–water partition coefficient (Wildman–Crippen LogP) is 2.65. The van der Waals surface area contributed by atoms with Crippen molar-refractivity contribution in [3.05, 3.63) is 21.3 Å². The highest BCUT2D eigenvalue weighted by Crippen LogP contribution is 2.25. The number of rotatable bonds is 4. The Bertz CT molecular complexity index is 315. The van der Waals surface area contributed by atoms with E-state index in [-0.39, 0.29) is 6.10 Å². The summed E-state index contributed by atoms with van der Waals surface area (Å²) in [6.45, 7) is 1.90. The van der Waals surface area contributed by atoms with Gasteiger partial charge >= 0.3 is 0 Å².